The van der Waals surface area contributed by atoms with Gasteiger partial charge in [0.15, 0.2) is 11.2 Å². The molecule has 3 rings (SSSR count). The number of rotatable bonds is 3. The number of fused-ring (bicyclic) bond motifs is 1. The Labute approximate surface area is 146 Å². The van der Waals surface area contributed by atoms with Gasteiger partial charge in [0.1, 0.15) is 5.82 Å². The molecule has 7 nitrogen and oxygen atoms in total. The summed E-state index contributed by atoms with van der Waals surface area (Å²) >= 11 is 0. The summed E-state index contributed by atoms with van der Waals surface area (Å²) in [5, 5.41) is 0. The van der Waals surface area contributed by atoms with Gasteiger partial charge in [-0.15, -0.1) is 0 Å². The fourth-order valence-corrected chi connectivity index (χ4v) is 3.61. The van der Waals surface area contributed by atoms with Crippen LogP contribution in [0, 0.1) is 0 Å². The number of aromatic nitrogens is 4. The standard InChI is InChI=1S/C18H27N5O2/c1-11(2)9-10-23-14-16(21(3)18(25)22(4)17(14)24)20-15(23)12-5-7-13(19)8-6-12/h9,12-13H,5-8,10,19H2,1-4H3. The first-order chi connectivity index (χ1) is 11.8. The van der Waals surface area contributed by atoms with Crippen LogP contribution in [0.5, 0.6) is 0 Å². The van der Waals surface area contributed by atoms with E-state index in [2.05, 4.69) is 6.08 Å². The van der Waals surface area contributed by atoms with Crippen molar-refractivity contribution in [2.75, 3.05) is 0 Å². The van der Waals surface area contributed by atoms with Crippen molar-refractivity contribution in [3.8, 4) is 0 Å². The molecule has 1 aliphatic rings. The monoisotopic (exact) mass is 345 g/mol. The Hall–Kier alpha value is -2.15. The number of imidazole rings is 1. The molecule has 25 heavy (non-hydrogen) atoms. The highest BCUT2D eigenvalue weighted by molar-refractivity contribution is 5.71. The average Bonchev–Trinajstić information content (AvgIpc) is 2.96. The molecule has 0 aromatic carbocycles. The predicted octanol–water partition coefficient (Wildman–Crippen LogP) is 1.38. The van der Waals surface area contributed by atoms with Crippen molar-refractivity contribution in [3.05, 3.63) is 38.3 Å². The molecule has 0 aliphatic heterocycles. The van der Waals surface area contributed by atoms with Gasteiger partial charge in [-0.3, -0.25) is 13.9 Å². The molecule has 1 saturated carbocycles. The van der Waals surface area contributed by atoms with Gasteiger partial charge in [-0.1, -0.05) is 11.6 Å². The van der Waals surface area contributed by atoms with E-state index in [1.165, 1.54) is 17.2 Å². The molecule has 0 spiro atoms. The first-order valence-electron chi connectivity index (χ1n) is 8.86. The zero-order valence-corrected chi connectivity index (χ0v) is 15.5. The molecule has 2 aromatic rings. The summed E-state index contributed by atoms with van der Waals surface area (Å²) in [7, 11) is 3.19. The Balaban J connectivity index is 2.25. The third-order valence-corrected chi connectivity index (χ3v) is 5.20. The lowest BCUT2D eigenvalue weighted by molar-refractivity contribution is 0.379. The third-order valence-electron chi connectivity index (χ3n) is 5.20. The van der Waals surface area contributed by atoms with Crippen molar-refractivity contribution in [2.45, 2.75) is 58.0 Å². The number of allylic oxidation sites excluding steroid dienone is 2. The summed E-state index contributed by atoms with van der Waals surface area (Å²) < 4.78 is 4.61. The molecule has 0 saturated heterocycles. The smallest absolute Gasteiger partial charge is 0.328 e. The third kappa shape index (κ3) is 3.08. The first kappa shape index (κ1) is 17.7. The van der Waals surface area contributed by atoms with Gasteiger partial charge >= 0.3 is 5.69 Å². The topological polar surface area (TPSA) is 87.8 Å². The normalized spacial score (nSPS) is 20.8. The van der Waals surface area contributed by atoms with E-state index in [0.29, 0.717) is 17.7 Å². The van der Waals surface area contributed by atoms with Crippen molar-refractivity contribution in [1.82, 2.24) is 18.7 Å². The van der Waals surface area contributed by atoms with E-state index in [0.717, 1.165) is 36.1 Å². The molecule has 2 N–H and O–H groups in total. The second-order valence-corrected chi connectivity index (χ2v) is 7.35. The molecule has 2 aromatic heterocycles. The highest BCUT2D eigenvalue weighted by atomic mass is 16.2. The molecule has 0 bridgehead atoms. The Morgan fingerprint density at radius 2 is 1.80 bits per heavy atom. The fraction of sp³-hybridized carbons (Fsp3) is 0.611. The minimum absolute atomic E-state index is 0.254. The molecule has 1 aliphatic carbocycles. The molecule has 0 amide bonds. The van der Waals surface area contributed by atoms with Gasteiger partial charge in [-0.05, 0) is 39.5 Å². The van der Waals surface area contributed by atoms with Crippen LogP contribution in [0.2, 0.25) is 0 Å². The van der Waals surface area contributed by atoms with Crippen molar-refractivity contribution in [2.24, 2.45) is 19.8 Å². The minimum atomic E-state index is -0.346. The van der Waals surface area contributed by atoms with Crippen molar-refractivity contribution >= 4 is 11.2 Å². The van der Waals surface area contributed by atoms with E-state index in [4.69, 9.17) is 10.7 Å². The number of nitrogens with two attached hydrogens (primary N) is 1. The molecular weight excluding hydrogens is 318 g/mol. The molecule has 1 fully saturated rings. The minimum Gasteiger partial charge on any atom is -0.328 e. The molecular formula is C18H27N5O2. The summed E-state index contributed by atoms with van der Waals surface area (Å²) in [6.45, 7) is 4.66. The summed E-state index contributed by atoms with van der Waals surface area (Å²) in [6, 6.07) is 0.254. The number of hydrogen-bond acceptors (Lipinski definition) is 4. The van der Waals surface area contributed by atoms with Crippen molar-refractivity contribution in [1.29, 1.82) is 0 Å². The van der Waals surface area contributed by atoms with E-state index in [1.807, 2.05) is 18.4 Å². The van der Waals surface area contributed by atoms with Gasteiger partial charge in [-0.2, -0.15) is 0 Å². The summed E-state index contributed by atoms with van der Waals surface area (Å²) in [5.74, 6) is 1.18. The van der Waals surface area contributed by atoms with Crippen LogP contribution in [0.15, 0.2) is 21.2 Å². The van der Waals surface area contributed by atoms with Gasteiger partial charge in [0, 0.05) is 32.6 Å². The average molecular weight is 345 g/mol. The van der Waals surface area contributed by atoms with Crippen LogP contribution in [0.25, 0.3) is 11.2 Å². The first-order valence-corrected chi connectivity index (χ1v) is 8.86. The van der Waals surface area contributed by atoms with E-state index in [9.17, 15) is 9.59 Å². The Morgan fingerprint density at radius 1 is 1.16 bits per heavy atom. The van der Waals surface area contributed by atoms with E-state index < -0.39 is 0 Å². The Bertz CT molecular complexity index is 935. The predicted molar refractivity (Wildman–Crippen MR) is 98.8 cm³/mol. The van der Waals surface area contributed by atoms with E-state index in [1.54, 1.807) is 7.05 Å². The molecule has 7 heteroatoms. The van der Waals surface area contributed by atoms with Crippen LogP contribution in [0.1, 0.15) is 51.3 Å². The zero-order chi connectivity index (χ0) is 18.3. The highest BCUT2D eigenvalue weighted by Gasteiger charge is 2.27. The lowest BCUT2D eigenvalue weighted by atomic mass is 9.86. The van der Waals surface area contributed by atoms with Gasteiger partial charge in [-0.25, -0.2) is 9.78 Å². The number of hydrogen-bond donors (Lipinski definition) is 1. The molecule has 0 radical (unpaired) electrons. The van der Waals surface area contributed by atoms with Crippen LogP contribution in [0.4, 0.5) is 0 Å². The maximum Gasteiger partial charge on any atom is 0.332 e. The zero-order valence-electron chi connectivity index (χ0n) is 15.5. The highest BCUT2D eigenvalue weighted by Crippen LogP contribution is 2.33. The van der Waals surface area contributed by atoms with Crippen LogP contribution in [-0.2, 0) is 20.6 Å². The quantitative estimate of drug-likeness (QED) is 0.852. The lowest BCUT2D eigenvalue weighted by Gasteiger charge is -2.26. The van der Waals surface area contributed by atoms with Crippen LogP contribution in [0.3, 0.4) is 0 Å². The van der Waals surface area contributed by atoms with Crippen LogP contribution >= 0.6 is 0 Å². The molecule has 2 heterocycles. The maximum atomic E-state index is 12.8. The summed E-state index contributed by atoms with van der Waals surface area (Å²) in [5.41, 5.74) is 7.57. The van der Waals surface area contributed by atoms with Crippen LogP contribution in [-0.4, -0.2) is 24.7 Å². The number of aryl methyl sites for hydroxylation is 1. The Morgan fingerprint density at radius 3 is 2.40 bits per heavy atom. The molecule has 0 unspecified atom stereocenters. The van der Waals surface area contributed by atoms with Gasteiger partial charge < -0.3 is 10.3 Å². The van der Waals surface area contributed by atoms with Gasteiger partial charge in [0.25, 0.3) is 5.56 Å². The van der Waals surface area contributed by atoms with Crippen molar-refractivity contribution in [3.63, 3.8) is 0 Å². The largest absolute Gasteiger partial charge is 0.332 e. The van der Waals surface area contributed by atoms with Gasteiger partial charge in [0.2, 0.25) is 0 Å². The lowest BCUT2D eigenvalue weighted by Crippen LogP contribution is -2.37. The van der Waals surface area contributed by atoms with Crippen molar-refractivity contribution < 1.29 is 0 Å². The molecule has 136 valence electrons. The molecule has 0 atom stereocenters. The van der Waals surface area contributed by atoms with E-state index >= 15 is 0 Å². The second kappa shape index (κ2) is 6.63. The SMILES string of the molecule is CC(C)=CCn1c(C2CCC(N)CC2)nc2c1c(=O)n(C)c(=O)n2C. The summed E-state index contributed by atoms with van der Waals surface area (Å²) in [6.07, 6.45) is 5.95. The van der Waals surface area contributed by atoms with Crippen LogP contribution < -0.4 is 17.0 Å². The second-order valence-electron chi connectivity index (χ2n) is 7.35. The Kier molecular flexibility index (Phi) is 4.69. The summed E-state index contributed by atoms with van der Waals surface area (Å²) in [4.78, 5) is 29.8. The van der Waals surface area contributed by atoms with E-state index in [-0.39, 0.29) is 23.2 Å². The van der Waals surface area contributed by atoms with Gasteiger partial charge in [0.05, 0.1) is 0 Å². The maximum absolute atomic E-state index is 12.8. The fourth-order valence-electron chi connectivity index (χ4n) is 3.61. The number of nitrogens with zero attached hydrogens (tertiary/aromatic N) is 4.